The van der Waals surface area contributed by atoms with Crippen LogP contribution in [0.5, 0.6) is 11.5 Å². The maximum Gasteiger partial charge on any atom is 0.272 e. The Kier molecular flexibility index (Phi) is 2.51. The number of H-pyrrole nitrogens is 1. The van der Waals surface area contributed by atoms with E-state index in [1.54, 1.807) is 36.4 Å². The highest BCUT2D eigenvalue weighted by Crippen LogP contribution is 2.44. The molecule has 4 rings (SSSR count). The van der Waals surface area contributed by atoms with Crippen molar-refractivity contribution in [1.29, 1.82) is 0 Å². The number of rotatable bonds is 1. The fourth-order valence-corrected chi connectivity index (χ4v) is 2.61. The molecule has 0 spiro atoms. The minimum absolute atomic E-state index is 0.288. The molecule has 2 aromatic carbocycles. The zero-order valence-corrected chi connectivity index (χ0v) is 11.2. The van der Waals surface area contributed by atoms with Gasteiger partial charge in [-0.25, -0.2) is 10.9 Å². The van der Waals surface area contributed by atoms with Gasteiger partial charge < -0.3 is 4.74 Å². The Bertz CT molecular complexity index is 994. The number of hydrazine groups is 1. The number of nitrogens with two attached hydrogens (primary N) is 1. The Hall–Kier alpha value is -3.19. The summed E-state index contributed by atoms with van der Waals surface area (Å²) in [6, 6.07) is 10.1. The molecule has 0 saturated carbocycles. The van der Waals surface area contributed by atoms with Gasteiger partial charge in [0.05, 0.1) is 10.8 Å². The fourth-order valence-electron chi connectivity index (χ4n) is 2.61. The van der Waals surface area contributed by atoms with Crippen molar-refractivity contribution < 1.29 is 9.53 Å². The molecule has 2 heterocycles. The summed E-state index contributed by atoms with van der Waals surface area (Å²) in [7, 11) is 0. The smallest absolute Gasteiger partial charge is 0.272 e. The highest BCUT2D eigenvalue weighted by atomic mass is 16.5. The van der Waals surface area contributed by atoms with E-state index in [1.165, 1.54) is 0 Å². The first kappa shape index (κ1) is 12.5. The third-order valence-corrected chi connectivity index (χ3v) is 3.62. The summed E-state index contributed by atoms with van der Waals surface area (Å²) in [6.45, 7) is 0. The van der Waals surface area contributed by atoms with Gasteiger partial charge in [0.15, 0.2) is 0 Å². The number of benzene rings is 2. The largest absolute Gasteiger partial charge is 0.456 e. The maximum atomic E-state index is 11.9. The molecule has 0 atom stereocenters. The number of nitrogens with zero attached hydrogens (tertiary/aromatic N) is 1. The van der Waals surface area contributed by atoms with Crippen LogP contribution in [0.3, 0.4) is 0 Å². The van der Waals surface area contributed by atoms with Gasteiger partial charge in [0, 0.05) is 11.1 Å². The van der Waals surface area contributed by atoms with E-state index in [1.807, 2.05) is 0 Å². The minimum Gasteiger partial charge on any atom is -0.456 e. The zero-order chi connectivity index (χ0) is 15.3. The molecule has 1 aliphatic rings. The molecule has 0 radical (unpaired) electrons. The molecule has 22 heavy (non-hydrogen) atoms. The summed E-state index contributed by atoms with van der Waals surface area (Å²) in [4.78, 5) is 23.6. The summed E-state index contributed by atoms with van der Waals surface area (Å²) >= 11 is 0. The number of hydrogen-bond acceptors (Lipinski definition) is 5. The molecule has 7 heteroatoms. The first-order valence-electron chi connectivity index (χ1n) is 6.53. The van der Waals surface area contributed by atoms with Crippen LogP contribution in [0.4, 0.5) is 0 Å². The SMILES string of the molecule is NNC(=O)c1ccc2c(c1)-c1n[nH]c(=O)c3cccc(c13)O2. The van der Waals surface area contributed by atoms with Crippen LogP contribution in [-0.2, 0) is 0 Å². The Balaban J connectivity index is 2.07. The molecule has 0 aliphatic carbocycles. The number of fused-ring (bicyclic) bond motifs is 2. The molecule has 0 saturated heterocycles. The van der Waals surface area contributed by atoms with Gasteiger partial charge in [-0.15, -0.1) is 0 Å². The van der Waals surface area contributed by atoms with Crippen LogP contribution in [-0.4, -0.2) is 16.1 Å². The average Bonchev–Trinajstić information content (AvgIpc) is 2.56. The van der Waals surface area contributed by atoms with Crippen molar-refractivity contribution in [1.82, 2.24) is 15.6 Å². The van der Waals surface area contributed by atoms with E-state index in [-0.39, 0.29) is 5.56 Å². The molecule has 108 valence electrons. The van der Waals surface area contributed by atoms with E-state index < -0.39 is 5.91 Å². The predicted octanol–water partition coefficient (Wildman–Crippen LogP) is 1.30. The number of carbonyl (C=O) groups is 1. The molecule has 0 bridgehead atoms. The van der Waals surface area contributed by atoms with E-state index >= 15 is 0 Å². The standard InChI is InChI=1S/C15H10N4O3/c16-17-14(20)7-4-5-10-9(6-7)13-12-8(15(21)19-18-13)2-1-3-11(12)22-10/h1-6H,16H2,(H,17,20)(H,19,21). The van der Waals surface area contributed by atoms with Gasteiger partial charge in [-0.3, -0.25) is 15.0 Å². The number of nitrogen functional groups attached to an aromatic ring is 1. The molecule has 4 N–H and O–H groups in total. The lowest BCUT2D eigenvalue weighted by atomic mass is 9.99. The number of nitrogens with one attached hydrogen (secondary N) is 2. The van der Waals surface area contributed by atoms with E-state index in [2.05, 4.69) is 15.6 Å². The maximum absolute atomic E-state index is 11.9. The number of ether oxygens (including phenoxy) is 1. The lowest BCUT2D eigenvalue weighted by Crippen LogP contribution is -2.30. The average molecular weight is 294 g/mol. The van der Waals surface area contributed by atoms with Crippen molar-refractivity contribution >= 4 is 16.7 Å². The summed E-state index contributed by atoms with van der Waals surface area (Å²) in [5, 5.41) is 7.71. The molecule has 7 nitrogen and oxygen atoms in total. The van der Waals surface area contributed by atoms with Gasteiger partial charge in [0.2, 0.25) is 0 Å². The molecular formula is C15H10N4O3. The van der Waals surface area contributed by atoms with Crippen LogP contribution in [0.2, 0.25) is 0 Å². The van der Waals surface area contributed by atoms with Gasteiger partial charge in [-0.2, -0.15) is 5.10 Å². The van der Waals surface area contributed by atoms with Gasteiger partial charge in [-0.05, 0) is 30.3 Å². The lowest BCUT2D eigenvalue weighted by molar-refractivity contribution is 0.0953. The van der Waals surface area contributed by atoms with Crippen molar-refractivity contribution in [3.63, 3.8) is 0 Å². The Morgan fingerprint density at radius 2 is 2.09 bits per heavy atom. The van der Waals surface area contributed by atoms with Crippen molar-refractivity contribution in [3.8, 4) is 22.8 Å². The molecule has 1 aromatic heterocycles. The molecule has 0 fully saturated rings. The van der Waals surface area contributed by atoms with Crippen molar-refractivity contribution in [3.05, 3.63) is 52.3 Å². The van der Waals surface area contributed by atoms with Crippen LogP contribution >= 0.6 is 0 Å². The van der Waals surface area contributed by atoms with Gasteiger partial charge in [-0.1, -0.05) is 6.07 Å². The van der Waals surface area contributed by atoms with Crippen molar-refractivity contribution in [2.24, 2.45) is 5.84 Å². The van der Waals surface area contributed by atoms with E-state index in [4.69, 9.17) is 10.6 Å². The second kappa shape index (κ2) is 4.40. The summed E-state index contributed by atoms with van der Waals surface area (Å²) < 4.78 is 5.82. The molecular weight excluding hydrogens is 284 g/mol. The molecule has 1 amide bonds. The Morgan fingerprint density at radius 1 is 1.23 bits per heavy atom. The first-order valence-corrected chi connectivity index (χ1v) is 6.53. The summed E-state index contributed by atoms with van der Waals surface area (Å²) in [6.07, 6.45) is 0. The zero-order valence-electron chi connectivity index (χ0n) is 11.2. The predicted molar refractivity (Wildman–Crippen MR) is 79.5 cm³/mol. The summed E-state index contributed by atoms with van der Waals surface area (Å²) in [5.41, 5.74) is 3.37. The lowest BCUT2D eigenvalue weighted by Gasteiger charge is -2.20. The van der Waals surface area contributed by atoms with Gasteiger partial charge in [0.25, 0.3) is 11.5 Å². The second-order valence-corrected chi connectivity index (χ2v) is 4.87. The summed E-state index contributed by atoms with van der Waals surface area (Å²) in [5.74, 6) is 5.87. The number of aromatic nitrogens is 2. The normalized spacial score (nSPS) is 11.7. The highest BCUT2D eigenvalue weighted by Gasteiger charge is 2.23. The topological polar surface area (TPSA) is 110 Å². The Labute approximate surface area is 123 Å². The second-order valence-electron chi connectivity index (χ2n) is 4.87. The number of amides is 1. The van der Waals surface area contributed by atoms with E-state index in [9.17, 15) is 9.59 Å². The molecule has 0 unspecified atom stereocenters. The molecule has 1 aliphatic heterocycles. The number of carbonyl (C=O) groups excluding carboxylic acids is 1. The van der Waals surface area contributed by atoms with Crippen molar-refractivity contribution in [2.45, 2.75) is 0 Å². The number of aromatic amines is 1. The van der Waals surface area contributed by atoms with E-state index in [0.717, 1.165) is 0 Å². The van der Waals surface area contributed by atoms with Crippen LogP contribution in [0, 0.1) is 0 Å². The van der Waals surface area contributed by atoms with Crippen molar-refractivity contribution in [2.75, 3.05) is 0 Å². The van der Waals surface area contributed by atoms with Crippen LogP contribution < -0.4 is 21.6 Å². The van der Waals surface area contributed by atoms with Crippen LogP contribution in [0.25, 0.3) is 22.0 Å². The third-order valence-electron chi connectivity index (χ3n) is 3.62. The molecule has 3 aromatic rings. The highest BCUT2D eigenvalue weighted by molar-refractivity contribution is 6.03. The Morgan fingerprint density at radius 3 is 2.91 bits per heavy atom. The van der Waals surface area contributed by atoms with Gasteiger partial charge >= 0.3 is 0 Å². The van der Waals surface area contributed by atoms with Gasteiger partial charge in [0.1, 0.15) is 17.2 Å². The first-order chi connectivity index (χ1) is 10.7. The van der Waals surface area contributed by atoms with E-state index in [0.29, 0.717) is 39.1 Å². The fraction of sp³-hybridized carbons (Fsp3) is 0. The number of hydrogen-bond donors (Lipinski definition) is 3. The van der Waals surface area contributed by atoms with Crippen LogP contribution in [0.1, 0.15) is 10.4 Å². The minimum atomic E-state index is -0.415. The third kappa shape index (κ3) is 1.63. The van der Waals surface area contributed by atoms with Crippen LogP contribution in [0.15, 0.2) is 41.2 Å². The quantitative estimate of drug-likeness (QED) is 0.278. The monoisotopic (exact) mass is 294 g/mol.